The summed E-state index contributed by atoms with van der Waals surface area (Å²) in [5.74, 6) is -5.69. The van der Waals surface area contributed by atoms with Crippen LogP contribution in [0.2, 0.25) is 0 Å². The van der Waals surface area contributed by atoms with Crippen LogP contribution in [-0.2, 0) is 14.4 Å². The van der Waals surface area contributed by atoms with E-state index in [-0.39, 0.29) is 0 Å². The smallest absolute Gasteiger partial charge is 0.307 e. The summed E-state index contributed by atoms with van der Waals surface area (Å²) in [5.41, 5.74) is 0. The average molecular weight is 222 g/mol. The lowest BCUT2D eigenvalue weighted by atomic mass is 9.58. The third-order valence-corrected chi connectivity index (χ3v) is 3.32. The lowest BCUT2D eigenvalue weighted by Gasteiger charge is -2.43. The molecule has 5 nitrogen and oxygen atoms in total. The maximum absolute atomic E-state index is 11.0. The second kappa shape index (κ2) is 3.73. The molecule has 16 heavy (non-hydrogen) atoms. The zero-order valence-electron chi connectivity index (χ0n) is 8.24. The van der Waals surface area contributed by atoms with Crippen molar-refractivity contribution >= 4 is 18.2 Å². The Morgan fingerprint density at radius 1 is 1.12 bits per heavy atom. The number of aliphatic carboxylic acids is 2. The summed E-state index contributed by atoms with van der Waals surface area (Å²) in [4.78, 5) is 32.8. The highest BCUT2D eigenvalue weighted by Crippen LogP contribution is 2.46. The number of hydrogen-bond acceptors (Lipinski definition) is 3. The molecule has 0 aliphatic heterocycles. The molecule has 0 aromatic rings. The van der Waals surface area contributed by atoms with Crippen molar-refractivity contribution in [1.82, 2.24) is 0 Å². The van der Waals surface area contributed by atoms with Crippen molar-refractivity contribution < 1.29 is 24.6 Å². The highest BCUT2D eigenvalue weighted by Gasteiger charge is 2.51. The summed E-state index contributed by atoms with van der Waals surface area (Å²) < 4.78 is 0. The molecule has 2 radical (unpaired) electrons. The number of carbonyl (C=O) groups excluding carboxylic acids is 1. The van der Waals surface area contributed by atoms with Gasteiger partial charge in [-0.1, -0.05) is 12.2 Å². The minimum Gasteiger partial charge on any atom is -0.481 e. The van der Waals surface area contributed by atoms with E-state index in [0.29, 0.717) is 0 Å². The molecular weight excluding hydrogens is 212 g/mol. The number of fused-ring (bicyclic) bond motifs is 2. The topological polar surface area (TPSA) is 91.7 Å². The first-order valence-corrected chi connectivity index (χ1v) is 4.93. The minimum absolute atomic E-state index is 0.491. The average Bonchev–Trinajstić information content (AvgIpc) is 2.27. The molecule has 2 bridgehead atoms. The molecule has 0 saturated heterocycles. The van der Waals surface area contributed by atoms with E-state index in [1.54, 1.807) is 18.4 Å². The van der Waals surface area contributed by atoms with E-state index < -0.39 is 41.5 Å². The van der Waals surface area contributed by atoms with Gasteiger partial charge in [-0.05, 0) is 12.3 Å². The van der Waals surface area contributed by atoms with E-state index in [4.69, 9.17) is 10.2 Å². The van der Waals surface area contributed by atoms with Crippen LogP contribution in [0.4, 0.5) is 0 Å². The lowest BCUT2D eigenvalue weighted by Crippen LogP contribution is -2.48. The Bertz CT molecular complexity index is 373. The van der Waals surface area contributed by atoms with Gasteiger partial charge in [-0.2, -0.15) is 0 Å². The third kappa shape index (κ3) is 1.43. The van der Waals surface area contributed by atoms with Crippen LogP contribution < -0.4 is 0 Å². The third-order valence-electron chi connectivity index (χ3n) is 3.32. The Balaban J connectivity index is 2.35. The van der Waals surface area contributed by atoms with E-state index >= 15 is 0 Å². The Morgan fingerprint density at radius 2 is 1.81 bits per heavy atom. The molecule has 84 valence electrons. The number of carboxylic acid groups (broad SMARTS) is 2. The number of carbonyl (C=O) groups is 2. The Hall–Kier alpha value is -1.65. The Kier molecular flexibility index (Phi) is 2.53. The van der Waals surface area contributed by atoms with Gasteiger partial charge < -0.3 is 10.2 Å². The number of carboxylic acids is 2. The van der Waals surface area contributed by atoms with Crippen molar-refractivity contribution in [1.29, 1.82) is 0 Å². The quantitative estimate of drug-likeness (QED) is 0.662. The maximum Gasteiger partial charge on any atom is 0.307 e. The lowest BCUT2D eigenvalue weighted by molar-refractivity contribution is -0.151. The zero-order chi connectivity index (χ0) is 11.9. The van der Waals surface area contributed by atoms with Crippen LogP contribution in [0.15, 0.2) is 12.2 Å². The molecular formula is C11H10O5. The fraction of sp³-hybridized carbons (Fsp3) is 0.455. The summed E-state index contributed by atoms with van der Waals surface area (Å²) in [6.07, 6.45) is 6.47. The molecule has 3 rings (SSSR count). The second-order valence-electron chi connectivity index (χ2n) is 4.10. The number of allylic oxidation sites excluding steroid dienone is 2. The predicted octanol–water partition coefficient (Wildman–Crippen LogP) is 0.134. The van der Waals surface area contributed by atoms with Gasteiger partial charge in [0.2, 0.25) is 6.29 Å². The van der Waals surface area contributed by atoms with Gasteiger partial charge in [0.15, 0.2) is 0 Å². The summed E-state index contributed by atoms with van der Waals surface area (Å²) in [6.45, 7) is 0. The molecule has 0 aromatic carbocycles. The standard InChI is InChI=1S/C11H10O5/c12-4-8-6-2-1-5(9(8)11(15)16)3-7(6)10(13)14/h1-3,5-9H,(H,13,14)(H,15,16). The number of hydrogen-bond donors (Lipinski definition) is 2. The van der Waals surface area contributed by atoms with Gasteiger partial charge >= 0.3 is 11.9 Å². The number of rotatable bonds is 3. The molecule has 0 amide bonds. The molecule has 0 spiro atoms. The molecule has 3 aliphatic carbocycles. The first-order valence-electron chi connectivity index (χ1n) is 4.93. The van der Waals surface area contributed by atoms with Crippen LogP contribution in [0.3, 0.4) is 0 Å². The van der Waals surface area contributed by atoms with E-state index in [1.807, 2.05) is 0 Å². The Labute approximate surface area is 91.8 Å². The van der Waals surface area contributed by atoms with Gasteiger partial charge in [-0.3, -0.25) is 14.4 Å². The SMILES string of the molecule is O=[C]C1C2C=CC([CH]C2C(=O)O)C1C(=O)O. The van der Waals surface area contributed by atoms with E-state index in [9.17, 15) is 14.4 Å². The van der Waals surface area contributed by atoms with Crippen LogP contribution in [0.5, 0.6) is 0 Å². The summed E-state index contributed by atoms with van der Waals surface area (Å²) in [6, 6.07) is 0. The van der Waals surface area contributed by atoms with E-state index in [1.165, 1.54) is 6.42 Å². The van der Waals surface area contributed by atoms with Crippen LogP contribution >= 0.6 is 0 Å². The molecule has 5 atom stereocenters. The molecule has 5 unspecified atom stereocenters. The molecule has 3 aliphatic rings. The van der Waals surface area contributed by atoms with Crippen molar-refractivity contribution in [3.63, 3.8) is 0 Å². The van der Waals surface area contributed by atoms with Crippen LogP contribution in [-0.4, -0.2) is 28.4 Å². The molecule has 5 heteroatoms. The predicted molar refractivity (Wildman–Crippen MR) is 51.9 cm³/mol. The van der Waals surface area contributed by atoms with Crippen molar-refractivity contribution in [2.75, 3.05) is 0 Å². The van der Waals surface area contributed by atoms with Crippen LogP contribution in [0.25, 0.3) is 0 Å². The largest absolute Gasteiger partial charge is 0.481 e. The molecule has 2 N–H and O–H groups in total. The van der Waals surface area contributed by atoms with Crippen LogP contribution in [0, 0.1) is 36.0 Å². The normalized spacial score (nSPS) is 40.6. The van der Waals surface area contributed by atoms with Crippen molar-refractivity contribution in [3.05, 3.63) is 18.6 Å². The first-order chi connectivity index (χ1) is 7.56. The summed E-state index contributed by atoms with van der Waals surface area (Å²) in [5, 5.41) is 18.0. The summed E-state index contributed by atoms with van der Waals surface area (Å²) >= 11 is 0. The molecule has 1 fully saturated rings. The van der Waals surface area contributed by atoms with Gasteiger partial charge in [0.1, 0.15) is 0 Å². The highest BCUT2D eigenvalue weighted by atomic mass is 16.4. The maximum atomic E-state index is 11.0. The second-order valence-corrected chi connectivity index (χ2v) is 4.10. The van der Waals surface area contributed by atoms with Gasteiger partial charge in [-0.15, -0.1) is 0 Å². The molecule has 0 aromatic heterocycles. The minimum atomic E-state index is -1.08. The highest BCUT2D eigenvalue weighted by molar-refractivity contribution is 5.81. The zero-order valence-corrected chi connectivity index (χ0v) is 8.24. The summed E-state index contributed by atoms with van der Waals surface area (Å²) in [7, 11) is 0. The molecule has 1 saturated carbocycles. The fourth-order valence-corrected chi connectivity index (χ4v) is 2.59. The van der Waals surface area contributed by atoms with Gasteiger partial charge in [0.25, 0.3) is 0 Å². The first kappa shape index (κ1) is 10.9. The van der Waals surface area contributed by atoms with Crippen LogP contribution in [0.1, 0.15) is 0 Å². The van der Waals surface area contributed by atoms with Crippen molar-refractivity contribution in [3.8, 4) is 0 Å². The molecule has 0 heterocycles. The van der Waals surface area contributed by atoms with E-state index in [2.05, 4.69) is 0 Å². The van der Waals surface area contributed by atoms with Crippen molar-refractivity contribution in [2.24, 2.45) is 29.6 Å². The van der Waals surface area contributed by atoms with Gasteiger partial charge in [-0.25, -0.2) is 0 Å². The monoisotopic (exact) mass is 222 g/mol. The van der Waals surface area contributed by atoms with Gasteiger partial charge in [0.05, 0.1) is 11.8 Å². The Morgan fingerprint density at radius 3 is 2.31 bits per heavy atom. The van der Waals surface area contributed by atoms with E-state index in [0.717, 1.165) is 0 Å². The van der Waals surface area contributed by atoms with Gasteiger partial charge in [0, 0.05) is 11.8 Å². The van der Waals surface area contributed by atoms with Crippen molar-refractivity contribution in [2.45, 2.75) is 0 Å². The fourth-order valence-electron chi connectivity index (χ4n) is 2.59.